The smallest absolute Gasteiger partial charge is 0.253 e. The van der Waals surface area contributed by atoms with Crippen LogP contribution in [0.2, 0.25) is 0 Å². The molecule has 2 heterocycles. The fourth-order valence-electron chi connectivity index (χ4n) is 4.82. The molecule has 1 saturated heterocycles. The molecule has 1 fully saturated rings. The summed E-state index contributed by atoms with van der Waals surface area (Å²) in [5, 5.41) is 3.07. The Balaban J connectivity index is 1.17. The summed E-state index contributed by atoms with van der Waals surface area (Å²) in [5.74, 6) is 0.793. The van der Waals surface area contributed by atoms with E-state index in [-0.39, 0.29) is 23.7 Å². The van der Waals surface area contributed by atoms with Gasteiger partial charge >= 0.3 is 0 Å². The highest BCUT2D eigenvalue weighted by Gasteiger charge is 2.30. The molecular formula is C30H31N3O3. The molecule has 5 rings (SSSR count). The number of nitrogens with one attached hydrogen (secondary N) is 1. The van der Waals surface area contributed by atoms with Gasteiger partial charge in [0.05, 0.1) is 0 Å². The Labute approximate surface area is 211 Å². The molecule has 184 valence electrons. The number of amides is 2. The van der Waals surface area contributed by atoms with Gasteiger partial charge in [-0.2, -0.15) is 0 Å². The van der Waals surface area contributed by atoms with Gasteiger partial charge in [-0.3, -0.25) is 9.59 Å². The molecule has 0 radical (unpaired) electrons. The standard InChI is InChI=1S/C30H31N3O3/c1-20-8-10-22(11-9-20)19-31-28(34)21(2)23-14-16-33(17-15-23)30(35)25-12-13-27-26(18-25)32-29(36-27)24-6-4-3-5-7-24/h3-13,18,21,23H,14-17,19H2,1-2H3,(H,31,34)/t21-/m0/s1. The van der Waals surface area contributed by atoms with Crippen LogP contribution in [0.15, 0.2) is 77.2 Å². The van der Waals surface area contributed by atoms with Crippen LogP contribution in [0.5, 0.6) is 0 Å². The second-order valence-electron chi connectivity index (χ2n) is 9.69. The molecule has 0 aliphatic carbocycles. The van der Waals surface area contributed by atoms with Crippen LogP contribution in [-0.2, 0) is 11.3 Å². The number of likely N-dealkylation sites (tertiary alicyclic amines) is 1. The Hall–Kier alpha value is -3.93. The maximum Gasteiger partial charge on any atom is 0.253 e. The highest BCUT2D eigenvalue weighted by atomic mass is 16.3. The quantitative estimate of drug-likeness (QED) is 0.389. The van der Waals surface area contributed by atoms with Gasteiger partial charge in [-0.25, -0.2) is 4.98 Å². The van der Waals surface area contributed by atoms with Crippen LogP contribution in [0.3, 0.4) is 0 Å². The first-order valence-electron chi connectivity index (χ1n) is 12.6. The maximum atomic E-state index is 13.2. The number of hydrogen-bond donors (Lipinski definition) is 1. The van der Waals surface area contributed by atoms with Gasteiger partial charge in [-0.15, -0.1) is 0 Å². The Kier molecular flexibility index (Phi) is 6.85. The predicted molar refractivity (Wildman–Crippen MR) is 140 cm³/mol. The van der Waals surface area contributed by atoms with Crippen molar-refractivity contribution in [2.75, 3.05) is 13.1 Å². The fourth-order valence-corrected chi connectivity index (χ4v) is 4.82. The number of fused-ring (bicyclic) bond motifs is 1. The third kappa shape index (κ3) is 5.18. The Bertz CT molecular complexity index is 1350. The average Bonchev–Trinajstić information content (AvgIpc) is 3.36. The first-order chi connectivity index (χ1) is 17.5. The molecule has 1 N–H and O–H groups in total. The summed E-state index contributed by atoms with van der Waals surface area (Å²) in [6.07, 6.45) is 1.63. The summed E-state index contributed by atoms with van der Waals surface area (Å²) in [4.78, 5) is 32.4. The van der Waals surface area contributed by atoms with Gasteiger partial charge in [0, 0.05) is 36.7 Å². The van der Waals surface area contributed by atoms with E-state index in [1.165, 1.54) is 5.56 Å². The normalized spacial score (nSPS) is 15.1. The summed E-state index contributed by atoms with van der Waals surface area (Å²) in [5.41, 5.74) is 5.15. The van der Waals surface area contributed by atoms with Crippen LogP contribution in [0.4, 0.5) is 0 Å². The van der Waals surface area contributed by atoms with Crippen LogP contribution in [-0.4, -0.2) is 34.8 Å². The molecular weight excluding hydrogens is 450 g/mol. The van der Waals surface area contributed by atoms with Crippen LogP contribution in [0, 0.1) is 18.8 Å². The molecule has 36 heavy (non-hydrogen) atoms. The van der Waals surface area contributed by atoms with Crippen molar-refractivity contribution in [3.63, 3.8) is 0 Å². The lowest BCUT2D eigenvalue weighted by Gasteiger charge is -2.34. The zero-order valence-corrected chi connectivity index (χ0v) is 20.7. The Morgan fingerprint density at radius 3 is 2.47 bits per heavy atom. The number of carbonyl (C=O) groups is 2. The third-order valence-corrected chi connectivity index (χ3v) is 7.19. The van der Waals surface area contributed by atoms with Gasteiger partial charge in [0.1, 0.15) is 5.52 Å². The number of hydrogen-bond acceptors (Lipinski definition) is 4. The van der Waals surface area contributed by atoms with E-state index in [0.717, 1.165) is 24.0 Å². The molecule has 3 aromatic carbocycles. The lowest BCUT2D eigenvalue weighted by atomic mass is 9.84. The fraction of sp³-hybridized carbons (Fsp3) is 0.300. The van der Waals surface area contributed by atoms with Crippen molar-refractivity contribution in [2.24, 2.45) is 11.8 Å². The van der Waals surface area contributed by atoms with E-state index in [9.17, 15) is 9.59 Å². The number of rotatable bonds is 6. The lowest BCUT2D eigenvalue weighted by Crippen LogP contribution is -2.42. The van der Waals surface area contributed by atoms with Crippen molar-refractivity contribution < 1.29 is 14.0 Å². The number of benzene rings is 3. The van der Waals surface area contributed by atoms with Gasteiger partial charge in [-0.1, -0.05) is 55.0 Å². The van der Waals surface area contributed by atoms with E-state index in [1.54, 1.807) is 12.1 Å². The Morgan fingerprint density at radius 1 is 1.03 bits per heavy atom. The average molecular weight is 482 g/mol. The maximum absolute atomic E-state index is 13.2. The molecule has 0 spiro atoms. The SMILES string of the molecule is Cc1ccc(CNC(=O)[C@@H](C)C2CCN(C(=O)c3ccc4oc(-c5ccccc5)nc4c3)CC2)cc1. The zero-order valence-electron chi connectivity index (χ0n) is 20.7. The highest BCUT2D eigenvalue weighted by molar-refractivity contribution is 5.97. The van der Waals surface area contributed by atoms with Crippen LogP contribution < -0.4 is 5.32 Å². The van der Waals surface area contributed by atoms with Crippen molar-refractivity contribution >= 4 is 22.9 Å². The number of oxazole rings is 1. The lowest BCUT2D eigenvalue weighted by molar-refractivity contribution is -0.126. The van der Waals surface area contributed by atoms with Crippen molar-refractivity contribution in [1.29, 1.82) is 0 Å². The van der Waals surface area contributed by atoms with E-state index in [1.807, 2.05) is 60.4 Å². The number of aryl methyl sites for hydroxylation is 1. The molecule has 1 atom stereocenters. The molecule has 6 nitrogen and oxygen atoms in total. The molecule has 1 aliphatic rings. The van der Waals surface area contributed by atoms with Crippen LogP contribution in [0.1, 0.15) is 41.3 Å². The molecule has 0 saturated carbocycles. The largest absolute Gasteiger partial charge is 0.436 e. The van der Waals surface area contributed by atoms with Crippen LogP contribution in [0.25, 0.3) is 22.6 Å². The molecule has 0 bridgehead atoms. The summed E-state index contributed by atoms with van der Waals surface area (Å²) in [6, 6.07) is 23.4. The van der Waals surface area contributed by atoms with E-state index in [4.69, 9.17) is 4.42 Å². The van der Waals surface area contributed by atoms with Crippen molar-refractivity contribution in [1.82, 2.24) is 15.2 Å². The molecule has 6 heteroatoms. The number of nitrogens with zero attached hydrogens (tertiary/aromatic N) is 2. The van der Waals surface area contributed by atoms with E-state index in [2.05, 4.69) is 29.4 Å². The van der Waals surface area contributed by atoms with E-state index >= 15 is 0 Å². The van der Waals surface area contributed by atoms with Gasteiger partial charge < -0.3 is 14.6 Å². The summed E-state index contributed by atoms with van der Waals surface area (Å²) >= 11 is 0. The summed E-state index contributed by atoms with van der Waals surface area (Å²) < 4.78 is 5.88. The third-order valence-electron chi connectivity index (χ3n) is 7.19. The van der Waals surface area contributed by atoms with Gasteiger partial charge in [0.2, 0.25) is 11.8 Å². The highest BCUT2D eigenvalue weighted by Crippen LogP contribution is 2.28. The number of carbonyl (C=O) groups excluding carboxylic acids is 2. The Morgan fingerprint density at radius 2 is 1.75 bits per heavy atom. The topological polar surface area (TPSA) is 75.4 Å². The van der Waals surface area contributed by atoms with Gasteiger partial charge in [0.15, 0.2) is 5.58 Å². The van der Waals surface area contributed by atoms with E-state index in [0.29, 0.717) is 42.2 Å². The number of aromatic nitrogens is 1. The number of piperidine rings is 1. The second kappa shape index (κ2) is 10.4. The van der Waals surface area contributed by atoms with Gasteiger partial charge in [0.25, 0.3) is 5.91 Å². The monoisotopic (exact) mass is 481 g/mol. The predicted octanol–water partition coefficient (Wildman–Crippen LogP) is 5.61. The molecule has 1 aliphatic heterocycles. The second-order valence-corrected chi connectivity index (χ2v) is 9.69. The minimum atomic E-state index is -0.0874. The van der Waals surface area contributed by atoms with Crippen molar-refractivity contribution in [3.8, 4) is 11.5 Å². The summed E-state index contributed by atoms with van der Waals surface area (Å²) in [6.45, 7) is 5.87. The molecule has 1 aromatic heterocycles. The minimum absolute atomic E-state index is 0.00362. The van der Waals surface area contributed by atoms with Crippen LogP contribution >= 0.6 is 0 Å². The van der Waals surface area contributed by atoms with Crippen molar-refractivity contribution in [3.05, 3.63) is 89.5 Å². The summed E-state index contributed by atoms with van der Waals surface area (Å²) in [7, 11) is 0. The first-order valence-corrected chi connectivity index (χ1v) is 12.6. The first kappa shape index (κ1) is 23.8. The molecule has 0 unspecified atom stereocenters. The molecule has 2 amide bonds. The van der Waals surface area contributed by atoms with Crippen molar-refractivity contribution in [2.45, 2.75) is 33.2 Å². The van der Waals surface area contributed by atoms with Gasteiger partial charge in [-0.05, 0) is 61.6 Å². The molecule has 4 aromatic rings. The minimum Gasteiger partial charge on any atom is -0.436 e. The zero-order chi connectivity index (χ0) is 25.1. The van der Waals surface area contributed by atoms with E-state index < -0.39 is 0 Å².